The Morgan fingerprint density at radius 2 is 1.76 bits per heavy atom. The van der Waals surface area contributed by atoms with Crippen molar-refractivity contribution in [2.75, 3.05) is 5.75 Å². The molecule has 4 aromatic rings. The van der Waals surface area contributed by atoms with Gasteiger partial charge in [0.25, 0.3) is 0 Å². The van der Waals surface area contributed by atoms with Gasteiger partial charge in [0.1, 0.15) is 41.6 Å². The quantitative estimate of drug-likeness (QED) is 0.236. The van der Waals surface area contributed by atoms with E-state index in [4.69, 9.17) is 9.15 Å². The van der Waals surface area contributed by atoms with Crippen LogP contribution in [0.2, 0.25) is 0 Å². The van der Waals surface area contributed by atoms with Crippen molar-refractivity contribution in [3.63, 3.8) is 0 Å². The smallest absolute Gasteiger partial charge is 0.573 e. The molecule has 1 unspecified atom stereocenters. The highest BCUT2D eigenvalue weighted by Gasteiger charge is 2.30. The maximum atomic E-state index is 12.4. The summed E-state index contributed by atoms with van der Waals surface area (Å²) in [5.41, 5.74) is 3.25. The van der Waals surface area contributed by atoms with Crippen LogP contribution in [-0.4, -0.2) is 31.4 Å². The molecule has 194 valence electrons. The van der Waals surface area contributed by atoms with Gasteiger partial charge in [-0.3, -0.25) is 4.68 Å². The zero-order valence-corrected chi connectivity index (χ0v) is 20.7. The molecule has 0 fully saturated rings. The van der Waals surface area contributed by atoms with Gasteiger partial charge in [-0.05, 0) is 53.1 Å². The maximum Gasteiger partial charge on any atom is 0.573 e. The van der Waals surface area contributed by atoms with Crippen molar-refractivity contribution in [3.05, 3.63) is 95.5 Å². The molecule has 1 atom stereocenters. The number of nitrogens with zero attached hydrogens (tertiary/aromatic N) is 3. The molecule has 0 aliphatic rings. The number of aromatic nitrogens is 3. The van der Waals surface area contributed by atoms with Gasteiger partial charge >= 0.3 is 6.36 Å². The Labute approximate surface area is 214 Å². The number of oxazole rings is 1. The first-order valence-corrected chi connectivity index (χ1v) is 12.7. The van der Waals surface area contributed by atoms with Crippen LogP contribution >= 0.6 is 0 Å². The number of halogens is 3. The summed E-state index contributed by atoms with van der Waals surface area (Å²) in [6.45, 7) is 0.191. The fraction of sp³-hybridized carbons (Fsp3) is 0.231. The van der Waals surface area contributed by atoms with E-state index >= 15 is 0 Å². The SMILES string of the molecule is Cn1nccc1CC[S+]([O-])Cc1ccc(OCc2coc(C=Cc3ccc(OC(F)(F)F)cc3)n2)cc1. The predicted octanol–water partition coefficient (Wildman–Crippen LogP) is 5.55. The van der Waals surface area contributed by atoms with Gasteiger partial charge in [-0.1, -0.05) is 24.3 Å². The predicted molar refractivity (Wildman–Crippen MR) is 133 cm³/mol. The van der Waals surface area contributed by atoms with Crippen LogP contribution in [0.3, 0.4) is 0 Å². The Kier molecular flexibility index (Phi) is 8.57. The van der Waals surface area contributed by atoms with Crippen molar-refractivity contribution in [1.82, 2.24) is 14.8 Å². The van der Waals surface area contributed by atoms with Crippen LogP contribution in [0.5, 0.6) is 11.5 Å². The molecule has 0 amide bonds. The average molecular weight is 532 g/mol. The lowest BCUT2D eigenvalue weighted by Gasteiger charge is -2.11. The second-order valence-corrected chi connectivity index (χ2v) is 9.62. The van der Waals surface area contributed by atoms with E-state index in [0.717, 1.165) is 11.3 Å². The Morgan fingerprint density at radius 1 is 1.03 bits per heavy atom. The van der Waals surface area contributed by atoms with E-state index in [1.807, 2.05) is 37.4 Å². The minimum atomic E-state index is -4.73. The van der Waals surface area contributed by atoms with Crippen molar-refractivity contribution in [2.45, 2.75) is 25.1 Å². The van der Waals surface area contributed by atoms with Crippen LogP contribution in [0, 0.1) is 0 Å². The number of benzene rings is 2. The highest BCUT2D eigenvalue weighted by atomic mass is 32.2. The van der Waals surface area contributed by atoms with E-state index in [9.17, 15) is 17.7 Å². The minimum absolute atomic E-state index is 0.191. The van der Waals surface area contributed by atoms with E-state index in [1.165, 1.54) is 30.5 Å². The third kappa shape index (κ3) is 8.43. The second kappa shape index (κ2) is 12.0. The molecule has 0 N–H and O–H groups in total. The normalized spacial score (nSPS) is 12.7. The molecule has 37 heavy (non-hydrogen) atoms. The Hall–Kier alpha value is -3.70. The van der Waals surface area contributed by atoms with E-state index in [1.54, 1.807) is 23.0 Å². The molecule has 7 nitrogen and oxygen atoms in total. The minimum Gasteiger partial charge on any atom is -0.616 e. The third-order valence-electron chi connectivity index (χ3n) is 5.25. The average Bonchev–Trinajstić information content (AvgIpc) is 3.49. The number of hydrogen-bond acceptors (Lipinski definition) is 6. The van der Waals surface area contributed by atoms with Gasteiger partial charge in [-0.25, -0.2) is 4.98 Å². The lowest BCUT2D eigenvalue weighted by molar-refractivity contribution is -0.274. The van der Waals surface area contributed by atoms with Crippen LogP contribution in [0.25, 0.3) is 12.2 Å². The topological polar surface area (TPSA) is 85.4 Å². The third-order valence-corrected chi connectivity index (χ3v) is 6.56. The van der Waals surface area contributed by atoms with Crippen LogP contribution < -0.4 is 9.47 Å². The molecule has 11 heteroatoms. The monoisotopic (exact) mass is 531 g/mol. The lowest BCUT2D eigenvalue weighted by atomic mass is 10.2. The van der Waals surface area contributed by atoms with Gasteiger partial charge < -0.3 is 18.4 Å². The van der Waals surface area contributed by atoms with Crippen molar-refractivity contribution in [2.24, 2.45) is 7.05 Å². The first-order valence-electron chi connectivity index (χ1n) is 11.3. The van der Waals surface area contributed by atoms with Crippen LogP contribution in [0.1, 0.15) is 28.4 Å². The molecule has 4 rings (SSSR count). The summed E-state index contributed by atoms with van der Waals surface area (Å²) in [5.74, 6) is 1.72. The van der Waals surface area contributed by atoms with E-state index in [2.05, 4.69) is 14.8 Å². The first kappa shape index (κ1) is 26.4. The summed E-state index contributed by atoms with van der Waals surface area (Å²) in [6.07, 6.45) is 2.45. The maximum absolute atomic E-state index is 12.4. The lowest BCUT2D eigenvalue weighted by Crippen LogP contribution is -2.16. The Bertz CT molecular complexity index is 1300. The number of aryl methyl sites for hydroxylation is 2. The molecule has 2 aromatic carbocycles. The summed E-state index contributed by atoms with van der Waals surface area (Å²) >= 11 is -0.985. The van der Waals surface area contributed by atoms with Crippen LogP contribution in [-0.2, 0) is 37.0 Å². The number of rotatable bonds is 11. The van der Waals surface area contributed by atoms with E-state index < -0.39 is 17.5 Å². The molecule has 0 saturated heterocycles. The zero-order chi connectivity index (χ0) is 26.3. The van der Waals surface area contributed by atoms with E-state index in [-0.39, 0.29) is 12.4 Å². The van der Waals surface area contributed by atoms with Crippen molar-refractivity contribution in [1.29, 1.82) is 0 Å². The largest absolute Gasteiger partial charge is 0.616 e. The summed E-state index contributed by atoms with van der Waals surface area (Å²) in [5, 5.41) is 4.12. The first-order chi connectivity index (χ1) is 17.7. The number of hydrogen-bond donors (Lipinski definition) is 0. The molecule has 0 aliphatic heterocycles. The van der Waals surface area contributed by atoms with Crippen molar-refractivity contribution in [3.8, 4) is 11.5 Å². The standard InChI is InChI=1S/C26H24F3N3O4S/c1-32-22(12-14-30-32)13-15-37(33)18-20-4-7-23(8-5-20)34-16-21-17-35-25(31-21)11-6-19-2-9-24(10-3-19)36-26(27,28)29/h2-12,14,17H,13,15-16,18H2,1H3. The van der Waals surface area contributed by atoms with Crippen molar-refractivity contribution >= 4 is 23.3 Å². The molecule has 0 spiro atoms. The zero-order valence-electron chi connectivity index (χ0n) is 19.9. The highest BCUT2D eigenvalue weighted by Crippen LogP contribution is 2.23. The van der Waals surface area contributed by atoms with E-state index in [0.29, 0.717) is 40.8 Å². The van der Waals surface area contributed by atoms with Gasteiger partial charge in [0, 0.05) is 37.0 Å². The fourth-order valence-corrected chi connectivity index (χ4v) is 4.52. The molecule has 0 bridgehead atoms. The van der Waals surface area contributed by atoms with Gasteiger partial charge in [0.2, 0.25) is 5.89 Å². The Morgan fingerprint density at radius 3 is 2.43 bits per heavy atom. The molecule has 0 saturated carbocycles. The summed E-state index contributed by atoms with van der Waals surface area (Å²) in [6, 6.07) is 14.8. The fourth-order valence-electron chi connectivity index (χ4n) is 3.38. The Balaban J connectivity index is 1.22. The van der Waals surface area contributed by atoms with Gasteiger partial charge in [-0.2, -0.15) is 5.10 Å². The molecular weight excluding hydrogens is 507 g/mol. The van der Waals surface area contributed by atoms with Crippen LogP contribution in [0.4, 0.5) is 13.2 Å². The van der Waals surface area contributed by atoms with Crippen molar-refractivity contribution < 1.29 is 31.6 Å². The molecule has 2 aromatic heterocycles. The van der Waals surface area contributed by atoms with Gasteiger partial charge in [-0.15, -0.1) is 13.2 Å². The van der Waals surface area contributed by atoms with Gasteiger partial charge in [0.15, 0.2) is 0 Å². The summed E-state index contributed by atoms with van der Waals surface area (Å²) in [7, 11) is 1.87. The van der Waals surface area contributed by atoms with Gasteiger partial charge in [0.05, 0.1) is 0 Å². The molecular formula is C26H24F3N3O4S. The summed E-state index contributed by atoms with van der Waals surface area (Å²) in [4.78, 5) is 4.31. The number of alkyl halides is 3. The van der Waals surface area contributed by atoms with Crippen LogP contribution in [0.15, 0.2) is 71.5 Å². The molecule has 0 radical (unpaired) electrons. The number of ether oxygens (including phenoxy) is 2. The summed E-state index contributed by atoms with van der Waals surface area (Å²) < 4.78 is 65.9. The molecule has 0 aliphatic carbocycles. The highest BCUT2D eigenvalue weighted by molar-refractivity contribution is 7.90. The second-order valence-electron chi connectivity index (χ2n) is 8.04. The molecule has 2 heterocycles.